The number of carboxylic acid groups (broad SMARTS) is 1. The number of carbonyl (C=O) groups is 3. The fourth-order valence-corrected chi connectivity index (χ4v) is 5.60. The molecule has 0 heterocycles. The molecule has 2 fully saturated rings. The van der Waals surface area contributed by atoms with E-state index in [1.807, 2.05) is 24.3 Å². The Balaban J connectivity index is 1.20. The van der Waals surface area contributed by atoms with Gasteiger partial charge in [0.25, 0.3) is 0 Å². The molecule has 3 N–H and O–H groups in total. The Morgan fingerprint density at radius 1 is 0.914 bits per heavy atom. The van der Waals surface area contributed by atoms with Crippen molar-refractivity contribution in [3.8, 4) is 11.1 Å². The average Bonchev–Trinajstić information content (AvgIpc) is 3.63. The lowest BCUT2D eigenvalue weighted by Gasteiger charge is -2.32. The predicted molar refractivity (Wildman–Crippen MR) is 131 cm³/mol. The Morgan fingerprint density at radius 2 is 1.54 bits per heavy atom. The van der Waals surface area contributed by atoms with Gasteiger partial charge in [0.2, 0.25) is 5.91 Å². The van der Waals surface area contributed by atoms with Gasteiger partial charge in [-0.05, 0) is 47.4 Å². The van der Waals surface area contributed by atoms with E-state index in [2.05, 4.69) is 34.9 Å². The van der Waals surface area contributed by atoms with Crippen molar-refractivity contribution in [1.29, 1.82) is 0 Å². The van der Waals surface area contributed by atoms with Crippen LogP contribution < -0.4 is 10.6 Å². The van der Waals surface area contributed by atoms with E-state index in [0.717, 1.165) is 36.8 Å². The van der Waals surface area contributed by atoms with Gasteiger partial charge in [-0.1, -0.05) is 74.2 Å². The van der Waals surface area contributed by atoms with Crippen molar-refractivity contribution in [2.75, 3.05) is 6.61 Å². The number of fused-ring (bicyclic) bond motifs is 3. The van der Waals surface area contributed by atoms with Crippen molar-refractivity contribution in [3.63, 3.8) is 0 Å². The first-order valence-electron chi connectivity index (χ1n) is 12.7. The molecule has 0 radical (unpaired) electrons. The number of rotatable bonds is 8. The summed E-state index contributed by atoms with van der Waals surface area (Å²) in [5.41, 5.74) is 4.62. The van der Waals surface area contributed by atoms with E-state index >= 15 is 0 Å². The van der Waals surface area contributed by atoms with Crippen molar-refractivity contribution >= 4 is 18.0 Å². The van der Waals surface area contributed by atoms with Crippen LogP contribution in [-0.4, -0.2) is 41.8 Å². The van der Waals surface area contributed by atoms with Gasteiger partial charge >= 0.3 is 12.1 Å². The van der Waals surface area contributed by atoms with Gasteiger partial charge < -0.3 is 20.5 Å². The van der Waals surface area contributed by atoms with Crippen LogP contribution in [0.25, 0.3) is 11.1 Å². The third kappa shape index (κ3) is 5.19. The number of benzene rings is 2. The number of amides is 2. The first-order chi connectivity index (χ1) is 17.0. The fourth-order valence-electron chi connectivity index (χ4n) is 5.60. The van der Waals surface area contributed by atoms with Crippen LogP contribution in [-0.2, 0) is 14.3 Å². The lowest BCUT2D eigenvalue weighted by atomic mass is 9.83. The topological polar surface area (TPSA) is 105 Å². The van der Waals surface area contributed by atoms with Crippen LogP contribution in [0.5, 0.6) is 0 Å². The fraction of sp³-hybridized carbons (Fsp3) is 0.464. The molecule has 5 rings (SSSR count). The highest BCUT2D eigenvalue weighted by atomic mass is 16.5. The molecule has 0 aromatic heterocycles. The molecule has 7 nitrogen and oxygen atoms in total. The molecule has 0 aliphatic heterocycles. The van der Waals surface area contributed by atoms with Crippen molar-refractivity contribution < 1.29 is 24.2 Å². The Kier molecular flexibility index (Phi) is 6.75. The summed E-state index contributed by atoms with van der Waals surface area (Å²) in [7, 11) is 0. The third-order valence-corrected chi connectivity index (χ3v) is 7.63. The highest BCUT2D eigenvalue weighted by molar-refractivity contribution is 5.86. The monoisotopic (exact) mass is 476 g/mol. The molecule has 0 saturated heterocycles. The maximum absolute atomic E-state index is 13.0. The second kappa shape index (κ2) is 10.1. The highest BCUT2D eigenvalue weighted by Crippen LogP contribution is 2.44. The second-order valence-electron chi connectivity index (χ2n) is 10.0. The number of hydrogen-bond acceptors (Lipinski definition) is 4. The zero-order chi connectivity index (χ0) is 24.4. The number of ether oxygens (including phenoxy) is 1. The smallest absolute Gasteiger partial charge is 0.407 e. The minimum absolute atomic E-state index is 0.0302. The van der Waals surface area contributed by atoms with E-state index in [9.17, 15) is 19.5 Å². The molecule has 3 aliphatic rings. The van der Waals surface area contributed by atoms with Gasteiger partial charge in [0, 0.05) is 12.0 Å². The molecule has 2 amide bonds. The Hall–Kier alpha value is -3.35. The summed E-state index contributed by atoms with van der Waals surface area (Å²) >= 11 is 0. The first-order valence-corrected chi connectivity index (χ1v) is 12.7. The van der Waals surface area contributed by atoms with Crippen LogP contribution in [0, 0.1) is 11.8 Å². The van der Waals surface area contributed by atoms with E-state index in [4.69, 9.17) is 4.74 Å². The van der Waals surface area contributed by atoms with Crippen molar-refractivity contribution in [1.82, 2.24) is 10.6 Å². The Labute approximate surface area is 205 Å². The molecule has 35 heavy (non-hydrogen) atoms. The lowest BCUT2D eigenvalue weighted by Crippen LogP contribution is -2.52. The molecule has 0 bridgehead atoms. The minimum Gasteiger partial charge on any atom is -0.480 e. The molecule has 2 aromatic rings. The number of alkyl carbamates (subject to hydrolysis) is 1. The lowest BCUT2D eigenvalue weighted by molar-refractivity contribution is -0.143. The van der Waals surface area contributed by atoms with Gasteiger partial charge in [0.15, 0.2) is 0 Å². The molecule has 3 aliphatic carbocycles. The molecule has 0 spiro atoms. The van der Waals surface area contributed by atoms with Crippen LogP contribution in [0.15, 0.2) is 48.5 Å². The van der Waals surface area contributed by atoms with E-state index < -0.39 is 24.0 Å². The summed E-state index contributed by atoms with van der Waals surface area (Å²) < 4.78 is 5.67. The van der Waals surface area contributed by atoms with Crippen molar-refractivity contribution in [3.05, 3.63) is 59.7 Å². The van der Waals surface area contributed by atoms with Gasteiger partial charge in [-0.3, -0.25) is 4.79 Å². The zero-order valence-electron chi connectivity index (χ0n) is 19.7. The van der Waals surface area contributed by atoms with Crippen LogP contribution in [0.4, 0.5) is 4.79 Å². The quantitative estimate of drug-likeness (QED) is 0.522. The normalized spacial score (nSPS) is 21.9. The summed E-state index contributed by atoms with van der Waals surface area (Å²) in [4.78, 5) is 37.4. The second-order valence-corrected chi connectivity index (χ2v) is 10.0. The SMILES string of the molecule is O=C(NC1CCCCC1C(=O)N[C@@H](CC1CC1)C(=O)O)OCC1c2ccccc2-c2ccccc21. The number of nitrogens with one attached hydrogen (secondary N) is 2. The highest BCUT2D eigenvalue weighted by Gasteiger charge is 2.36. The molecule has 2 saturated carbocycles. The van der Waals surface area contributed by atoms with Crippen molar-refractivity contribution in [2.45, 2.75) is 62.9 Å². The molecular formula is C28H32N2O5. The van der Waals surface area contributed by atoms with E-state index in [-0.39, 0.29) is 24.5 Å². The summed E-state index contributed by atoms with van der Waals surface area (Å²) in [5, 5.41) is 15.2. The van der Waals surface area contributed by atoms with Gasteiger partial charge in [-0.25, -0.2) is 9.59 Å². The first kappa shape index (κ1) is 23.4. The maximum atomic E-state index is 13.0. The average molecular weight is 477 g/mol. The number of carbonyl (C=O) groups excluding carboxylic acids is 2. The van der Waals surface area contributed by atoms with E-state index in [1.54, 1.807) is 0 Å². The summed E-state index contributed by atoms with van der Waals surface area (Å²) in [6.45, 7) is 0.214. The molecule has 2 aromatic carbocycles. The van der Waals surface area contributed by atoms with E-state index in [0.29, 0.717) is 25.2 Å². The molecular weight excluding hydrogens is 444 g/mol. The minimum atomic E-state index is -0.998. The molecule has 184 valence electrons. The summed E-state index contributed by atoms with van der Waals surface area (Å²) in [5.74, 6) is -1.39. The van der Waals surface area contributed by atoms with Crippen LogP contribution >= 0.6 is 0 Å². The maximum Gasteiger partial charge on any atom is 0.407 e. The molecule has 7 heteroatoms. The van der Waals surface area contributed by atoms with Gasteiger partial charge in [0.1, 0.15) is 12.6 Å². The number of hydrogen-bond donors (Lipinski definition) is 3. The summed E-state index contributed by atoms with van der Waals surface area (Å²) in [6.07, 6.45) is 5.05. The van der Waals surface area contributed by atoms with Crippen LogP contribution in [0.1, 0.15) is 62.0 Å². The number of aliphatic carboxylic acids is 1. The third-order valence-electron chi connectivity index (χ3n) is 7.63. The van der Waals surface area contributed by atoms with Crippen molar-refractivity contribution in [2.24, 2.45) is 11.8 Å². The Bertz CT molecular complexity index is 1070. The molecule has 3 atom stereocenters. The summed E-state index contributed by atoms with van der Waals surface area (Å²) in [6, 6.07) is 15.1. The standard InChI is InChI=1S/C28H32N2O5/c31-26(29-25(27(32)33)15-17-13-14-17)22-11-5-6-12-24(22)30-28(34)35-16-23-20-9-3-1-7-18(20)19-8-2-4-10-21(19)23/h1-4,7-10,17,22-25H,5-6,11-16H2,(H,29,31)(H,30,34)(H,32,33)/t22?,24?,25-/m0/s1. The molecule has 2 unspecified atom stereocenters. The van der Waals surface area contributed by atoms with Gasteiger partial charge in [0.05, 0.1) is 5.92 Å². The Morgan fingerprint density at radius 3 is 2.17 bits per heavy atom. The zero-order valence-corrected chi connectivity index (χ0v) is 19.7. The largest absolute Gasteiger partial charge is 0.480 e. The van der Waals surface area contributed by atoms with Gasteiger partial charge in [-0.2, -0.15) is 0 Å². The number of carboxylic acids is 1. The predicted octanol–water partition coefficient (Wildman–Crippen LogP) is 4.45. The van der Waals surface area contributed by atoms with E-state index in [1.165, 1.54) is 11.1 Å². The van der Waals surface area contributed by atoms with Crippen LogP contribution in [0.2, 0.25) is 0 Å². The van der Waals surface area contributed by atoms with Gasteiger partial charge in [-0.15, -0.1) is 0 Å². The van der Waals surface area contributed by atoms with Crippen LogP contribution in [0.3, 0.4) is 0 Å².